The Balaban J connectivity index is 1.98. The van der Waals surface area contributed by atoms with Crippen LogP contribution in [0.25, 0.3) is 5.95 Å². The lowest BCUT2D eigenvalue weighted by molar-refractivity contribution is 0.595. The molecule has 3 rings (SSSR count). The molecule has 1 fully saturated rings. The first-order valence-corrected chi connectivity index (χ1v) is 7.36. The quantitative estimate of drug-likeness (QED) is 0.872. The summed E-state index contributed by atoms with van der Waals surface area (Å²) in [6.45, 7) is 5.39. The maximum absolute atomic E-state index is 4.63. The Morgan fingerprint density at radius 2 is 2.14 bits per heavy atom. The summed E-state index contributed by atoms with van der Waals surface area (Å²) < 4.78 is 1.80. The second-order valence-electron chi connectivity index (χ2n) is 5.76. The molecule has 7 nitrogen and oxygen atoms in total. The first-order valence-electron chi connectivity index (χ1n) is 7.36. The molecule has 0 amide bonds. The zero-order chi connectivity index (χ0) is 14.8. The van der Waals surface area contributed by atoms with Crippen LogP contribution < -0.4 is 10.2 Å². The van der Waals surface area contributed by atoms with Crippen LogP contribution in [0.1, 0.15) is 26.7 Å². The Morgan fingerprint density at radius 3 is 2.71 bits per heavy atom. The number of aromatic nitrogens is 5. The summed E-state index contributed by atoms with van der Waals surface area (Å²) in [4.78, 5) is 19.9. The molecular formula is C14H21N7. The molecule has 2 aromatic rings. The van der Waals surface area contributed by atoms with E-state index in [1.165, 1.54) is 12.8 Å². The summed E-state index contributed by atoms with van der Waals surface area (Å²) in [5.74, 6) is 2.49. The van der Waals surface area contributed by atoms with Gasteiger partial charge in [-0.1, -0.05) is 13.8 Å². The molecule has 2 aromatic heterocycles. The van der Waals surface area contributed by atoms with Gasteiger partial charge < -0.3 is 10.2 Å². The van der Waals surface area contributed by atoms with Gasteiger partial charge in [0, 0.05) is 32.0 Å². The number of hydrogen-bond donors (Lipinski definition) is 1. The third-order valence-electron chi connectivity index (χ3n) is 3.38. The maximum atomic E-state index is 4.63. The SMILES string of the molecule is CNc1nc(N(CC(C)C)C2CC2)nc(-n2ccnc2)n1. The zero-order valence-corrected chi connectivity index (χ0v) is 12.7. The van der Waals surface area contributed by atoms with Gasteiger partial charge in [-0.3, -0.25) is 4.57 Å². The van der Waals surface area contributed by atoms with Crippen molar-refractivity contribution in [2.45, 2.75) is 32.7 Å². The monoisotopic (exact) mass is 287 g/mol. The highest BCUT2D eigenvalue weighted by molar-refractivity contribution is 5.42. The number of imidazole rings is 1. The van der Waals surface area contributed by atoms with Gasteiger partial charge in [-0.15, -0.1) is 0 Å². The summed E-state index contributed by atoms with van der Waals surface area (Å²) in [6.07, 6.45) is 7.68. The van der Waals surface area contributed by atoms with E-state index in [0.717, 1.165) is 12.5 Å². The fourth-order valence-electron chi connectivity index (χ4n) is 2.26. The molecule has 0 saturated heterocycles. The maximum Gasteiger partial charge on any atom is 0.241 e. The van der Waals surface area contributed by atoms with Gasteiger partial charge in [0.05, 0.1) is 0 Å². The van der Waals surface area contributed by atoms with E-state index in [0.29, 0.717) is 23.9 Å². The summed E-state index contributed by atoms with van der Waals surface area (Å²) >= 11 is 0. The van der Waals surface area contributed by atoms with Gasteiger partial charge in [-0.05, 0) is 18.8 Å². The smallest absolute Gasteiger partial charge is 0.241 e. The van der Waals surface area contributed by atoms with E-state index in [-0.39, 0.29) is 0 Å². The first-order chi connectivity index (χ1) is 10.2. The minimum absolute atomic E-state index is 0.565. The highest BCUT2D eigenvalue weighted by atomic mass is 15.4. The normalized spacial score (nSPS) is 14.5. The summed E-state index contributed by atoms with van der Waals surface area (Å²) in [5, 5.41) is 3.01. The Morgan fingerprint density at radius 1 is 1.33 bits per heavy atom. The van der Waals surface area contributed by atoms with Gasteiger partial charge in [-0.2, -0.15) is 15.0 Å². The minimum atomic E-state index is 0.565. The van der Waals surface area contributed by atoms with Crippen molar-refractivity contribution in [3.8, 4) is 5.95 Å². The Kier molecular flexibility index (Phi) is 3.72. The van der Waals surface area contributed by atoms with Crippen molar-refractivity contribution >= 4 is 11.9 Å². The van der Waals surface area contributed by atoms with Crippen molar-refractivity contribution in [2.75, 3.05) is 23.8 Å². The Labute approximate surface area is 124 Å². The van der Waals surface area contributed by atoms with Crippen LogP contribution in [0.3, 0.4) is 0 Å². The predicted octanol–water partition coefficient (Wildman–Crippen LogP) is 1.72. The average Bonchev–Trinajstić information content (AvgIpc) is 3.17. The molecule has 7 heteroatoms. The molecule has 0 aliphatic heterocycles. The van der Waals surface area contributed by atoms with Crippen LogP contribution in [0, 0.1) is 5.92 Å². The van der Waals surface area contributed by atoms with Crippen molar-refractivity contribution in [1.29, 1.82) is 0 Å². The Bertz CT molecular complexity index is 589. The summed E-state index contributed by atoms with van der Waals surface area (Å²) in [7, 11) is 1.82. The van der Waals surface area contributed by atoms with E-state index in [9.17, 15) is 0 Å². The van der Waals surface area contributed by atoms with E-state index in [4.69, 9.17) is 0 Å². The molecule has 112 valence electrons. The standard InChI is InChI=1S/C14H21N7/c1-10(2)8-21(11-4-5-11)14-18-12(15-3)17-13(19-14)20-7-6-16-9-20/h6-7,9-11H,4-5,8H2,1-3H3,(H,15,17,18,19). The number of hydrogen-bond acceptors (Lipinski definition) is 6. The molecule has 1 N–H and O–H groups in total. The molecule has 0 aromatic carbocycles. The average molecular weight is 287 g/mol. The Hall–Kier alpha value is -2.18. The van der Waals surface area contributed by atoms with Gasteiger partial charge in [0.15, 0.2) is 0 Å². The van der Waals surface area contributed by atoms with Gasteiger partial charge in [0.25, 0.3) is 0 Å². The van der Waals surface area contributed by atoms with Crippen molar-refractivity contribution in [3.05, 3.63) is 18.7 Å². The van der Waals surface area contributed by atoms with Crippen LogP contribution in [-0.4, -0.2) is 44.1 Å². The number of nitrogens with one attached hydrogen (secondary N) is 1. The molecule has 2 heterocycles. The van der Waals surface area contributed by atoms with Crippen LogP contribution in [-0.2, 0) is 0 Å². The number of anilines is 2. The van der Waals surface area contributed by atoms with Crippen molar-refractivity contribution in [1.82, 2.24) is 24.5 Å². The molecule has 21 heavy (non-hydrogen) atoms. The third kappa shape index (κ3) is 3.12. The largest absolute Gasteiger partial charge is 0.357 e. The first kappa shape index (κ1) is 13.8. The topological polar surface area (TPSA) is 71.8 Å². The van der Waals surface area contributed by atoms with E-state index >= 15 is 0 Å². The molecule has 1 aliphatic carbocycles. The minimum Gasteiger partial charge on any atom is -0.357 e. The van der Waals surface area contributed by atoms with Gasteiger partial charge in [-0.25, -0.2) is 4.98 Å². The lowest BCUT2D eigenvalue weighted by atomic mass is 10.2. The van der Waals surface area contributed by atoms with E-state index in [1.54, 1.807) is 17.1 Å². The molecule has 1 aliphatic rings. The predicted molar refractivity (Wildman–Crippen MR) is 81.7 cm³/mol. The molecule has 0 spiro atoms. The van der Waals surface area contributed by atoms with E-state index in [1.807, 2.05) is 13.2 Å². The number of rotatable bonds is 6. The van der Waals surface area contributed by atoms with Crippen molar-refractivity contribution in [2.24, 2.45) is 5.92 Å². The highest BCUT2D eigenvalue weighted by Gasteiger charge is 2.31. The van der Waals surface area contributed by atoms with Gasteiger partial charge in [0.2, 0.25) is 17.8 Å². The molecule has 0 atom stereocenters. The molecule has 0 bridgehead atoms. The molecular weight excluding hydrogens is 266 g/mol. The molecule has 0 radical (unpaired) electrons. The van der Waals surface area contributed by atoms with Crippen LogP contribution in [0.2, 0.25) is 0 Å². The van der Waals surface area contributed by atoms with Crippen molar-refractivity contribution in [3.63, 3.8) is 0 Å². The van der Waals surface area contributed by atoms with Crippen molar-refractivity contribution < 1.29 is 0 Å². The lowest BCUT2D eigenvalue weighted by Gasteiger charge is -2.24. The van der Waals surface area contributed by atoms with Crippen LogP contribution in [0.15, 0.2) is 18.7 Å². The fourth-order valence-corrected chi connectivity index (χ4v) is 2.26. The third-order valence-corrected chi connectivity index (χ3v) is 3.38. The zero-order valence-electron chi connectivity index (χ0n) is 12.7. The molecule has 0 unspecified atom stereocenters. The highest BCUT2D eigenvalue weighted by Crippen LogP contribution is 2.31. The molecule has 1 saturated carbocycles. The number of nitrogens with zero attached hydrogens (tertiary/aromatic N) is 6. The fraction of sp³-hybridized carbons (Fsp3) is 0.571. The second-order valence-corrected chi connectivity index (χ2v) is 5.76. The van der Waals surface area contributed by atoms with Crippen LogP contribution >= 0.6 is 0 Å². The van der Waals surface area contributed by atoms with Gasteiger partial charge >= 0.3 is 0 Å². The van der Waals surface area contributed by atoms with Crippen LogP contribution in [0.5, 0.6) is 0 Å². The van der Waals surface area contributed by atoms with Gasteiger partial charge in [0.1, 0.15) is 6.33 Å². The lowest BCUT2D eigenvalue weighted by Crippen LogP contribution is -2.32. The summed E-state index contributed by atoms with van der Waals surface area (Å²) in [6, 6.07) is 0.565. The van der Waals surface area contributed by atoms with Crippen LogP contribution in [0.4, 0.5) is 11.9 Å². The van der Waals surface area contributed by atoms with E-state index in [2.05, 4.69) is 44.0 Å². The van der Waals surface area contributed by atoms with E-state index < -0.39 is 0 Å². The summed E-state index contributed by atoms with van der Waals surface area (Å²) in [5.41, 5.74) is 0. The second kappa shape index (κ2) is 5.67.